The Kier molecular flexibility index (Phi) is 2.84. The van der Waals surface area contributed by atoms with E-state index < -0.39 is 12.1 Å². The van der Waals surface area contributed by atoms with Crippen LogP contribution in [0.1, 0.15) is 11.7 Å². The third-order valence-electron chi connectivity index (χ3n) is 1.64. The Balaban J connectivity index is 2.94. The predicted octanol–water partition coefficient (Wildman–Crippen LogP) is 1.19. The number of primary amides is 1. The van der Waals surface area contributed by atoms with Crippen molar-refractivity contribution in [2.75, 3.05) is 7.11 Å². The Labute approximate surface area is 75.3 Å². The van der Waals surface area contributed by atoms with Gasteiger partial charge in [0.1, 0.15) is 5.75 Å². The number of nitrogens with two attached hydrogens (primary N) is 1. The average molecular weight is 183 g/mol. The van der Waals surface area contributed by atoms with Gasteiger partial charge in [0.05, 0.1) is 7.11 Å². The Bertz CT molecular complexity index is 314. The molecule has 1 aromatic rings. The summed E-state index contributed by atoms with van der Waals surface area (Å²) in [5.74, 6) is -0.491. The van der Waals surface area contributed by atoms with Gasteiger partial charge in [0.2, 0.25) is 6.17 Å². The van der Waals surface area contributed by atoms with Gasteiger partial charge in [-0.1, -0.05) is 12.1 Å². The molecule has 70 valence electrons. The highest BCUT2D eigenvalue weighted by molar-refractivity contribution is 5.80. The van der Waals surface area contributed by atoms with Crippen LogP contribution in [-0.4, -0.2) is 13.0 Å². The summed E-state index contributed by atoms with van der Waals surface area (Å²) in [6, 6.07) is 6.19. The van der Waals surface area contributed by atoms with Crippen LogP contribution in [0.15, 0.2) is 24.3 Å². The Hall–Kier alpha value is -1.58. The molecule has 0 aliphatic carbocycles. The molecule has 13 heavy (non-hydrogen) atoms. The van der Waals surface area contributed by atoms with E-state index >= 15 is 0 Å². The van der Waals surface area contributed by atoms with E-state index in [-0.39, 0.29) is 5.56 Å². The van der Waals surface area contributed by atoms with E-state index in [0.717, 1.165) is 0 Å². The number of hydrogen-bond donors (Lipinski definition) is 1. The number of alkyl halides is 1. The molecule has 1 unspecified atom stereocenters. The molecule has 0 aliphatic heterocycles. The van der Waals surface area contributed by atoms with Gasteiger partial charge in [-0.15, -0.1) is 0 Å². The molecule has 0 bridgehead atoms. The lowest BCUT2D eigenvalue weighted by Gasteiger charge is -2.05. The highest BCUT2D eigenvalue weighted by Crippen LogP contribution is 2.21. The number of ether oxygens (including phenoxy) is 1. The fourth-order valence-corrected chi connectivity index (χ4v) is 0.963. The summed E-state index contributed by atoms with van der Waals surface area (Å²) >= 11 is 0. The zero-order valence-electron chi connectivity index (χ0n) is 7.16. The van der Waals surface area contributed by atoms with Crippen molar-refractivity contribution in [1.29, 1.82) is 0 Å². The second-order valence-corrected chi connectivity index (χ2v) is 2.54. The zero-order valence-corrected chi connectivity index (χ0v) is 7.16. The molecule has 0 aromatic heterocycles. The monoisotopic (exact) mass is 183 g/mol. The van der Waals surface area contributed by atoms with Crippen molar-refractivity contribution >= 4 is 5.91 Å². The number of methoxy groups -OCH3 is 1. The normalized spacial score (nSPS) is 12.2. The summed E-state index contributed by atoms with van der Waals surface area (Å²) in [7, 11) is 1.47. The lowest BCUT2D eigenvalue weighted by Crippen LogP contribution is -2.17. The van der Waals surface area contributed by atoms with Crippen molar-refractivity contribution in [1.82, 2.24) is 0 Å². The first kappa shape index (κ1) is 9.51. The third-order valence-corrected chi connectivity index (χ3v) is 1.64. The Morgan fingerprint density at radius 3 is 2.85 bits per heavy atom. The van der Waals surface area contributed by atoms with Gasteiger partial charge in [0.25, 0.3) is 5.91 Å². The summed E-state index contributed by atoms with van der Waals surface area (Å²) < 4.78 is 17.9. The zero-order chi connectivity index (χ0) is 9.84. The number of amides is 1. The molecule has 1 rings (SSSR count). The quantitative estimate of drug-likeness (QED) is 0.765. The highest BCUT2D eigenvalue weighted by atomic mass is 19.1. The molecule has 0 spiro atoms. The first-order valence-corrected chi connectivity index (χ1v) is 3.72. The van der Waals surface area contributed by atoms with Crippen molar-refractivity contribution in [3.63, 3.8) is 0 Å². The van der Waals surface area contributed by atoms with Gasteiger partial charge in [-0.3, -0.25) is 4.79 Å². The molecule has 1 atom stereocenters. The minimum Gasteiger partial charge on any atom is -0.497 e. The Morgan fingerprint density at radius 2 is 2.31 bits per heavy atom. The molecule has 0 saturated carbocycles. The standard InChI is InChI=1S/C9H10FNO2/c1-13-7-4-2-3-6(5-7)8(10)9(11)12/h2-5,8H,1H3,(H2,11,12). The van der Waals surface area contributed by atoms with Crippen molar-refractivity contribution in [2.24, 2.45) is 5.73 Å². The molecule has 0 saturated heterocycles. The lowest BCUT2D eigenvalue weighted by molar-refractivity contribution is -0.122. The smallest absolute Gasteiger partial charge is 0.256 e. The van der Waals surface area contributed by atoms with Crippen LogP contribution in [-0.2, 0) is 4.79 Å². The van der Waals surface area contributed by atoms with E-state index in [4.69, 9.17) is 10.5 Å². The molecular formula is C9H10FNO2. The van der Waals surface area contributed by atoms with Crippen LogP contribution in [0.25, 0.3) is 0 Å². The fourth-order valence-electron chi connectivity index (χ4n) is 0.963. The van der Waals surface area contributed by atoms with Gasteiger partial charge < -0.3 is 10.5 Å². The van der Waals surface area contributed by atoms with Gasteiger partial charge >= 0.3 is 0 Å². The number of carbonyl (C=O) groups excluding carboxylic acids is 1. The second kappa shape index (κ2) is 3.89. The first-order chi connectivity index (χ1) is 6.15. The summed E-state index contributed by atoms with van der Waals surface area (Å²) in [5, 5.41) is 0. The highest BCUT2D eigenvalue weighted by Gasteiger charge is 2.16. The molecule has 1 amide bonds. The molecule has 0 heterocycles. The SMILES string of the molecule is COc1cccc(C(F)C(N)=O)c1. The minimum atomic E-state index is -1.77. The second-order valence-electron chi connectivity index (χ2n) is 2.54. The number of carbonyl (C=O) groups is 1. The van der Waals surface area contributed by atoms with Gasteiger partial charge in [0, 0.05) is 0 Å². The van der Waals surface area contributed by atoms with Crippen molar-refractivity contribution < 1.29 is 13.9 Å². The summed E-state index contributed by atoms with van der Waals surface area (Å²) in [4.78, 5) is 10.5. The first-order valence-electron chi connectivity index (χ1n) is 3.72. The molecule has 0 radical (unpaired) electrons. The number of rotatable bonds is 3. The summed E-state index contributed by atoms with van der Waals surface area (Å²) in [6.07, 6.45) is -1.77. The molecule has 2 N–H and O–H groups in total. The third kappa shape index (κ3) is 2.18. The van der Waals surface area contributed by atoms with Crippen LogP contribution in [0.4, 0.5) is 4.39 Å². The van der Waals surface area contributed by atoms with E-state index in [1.165, 1.54) is 19.2 Å². The van der Waals surface area contributed by atoms with Gasteiger partial charge in [0.15, 0.2) is 0 Å². The van der Waals surface area contributed by atoms with Gasteiger partial charge in [-0.05, 0) is 17.7 Å². The van der Waals surface area contributed by atoms with Gasteiger partial charge in [-0.25, -0.2) is 4.39 Å². The van der Waals surface area contributed by atoms with E-state index in [0.29, 0.717) is 5.75 Å². The van der Waals surface area contributed by atoms with Crippen LogP contribution < -0.4 is 10.5 Å². The lowest BCUT2D eigenvalue weighted by atomic mass is 10.1. The minimum absolute atomic E-state index is 0.215. The van der Waals surface area contributed by atoms with Crippen LogP contribution in [0.3, 0.4) is 0 Å². The molecule has 1 aromatic carbocycles. The Morgan fingerprint density at radius 1 is 1.62 bits per heavy atom. The van der Waals surface area contributed by atoms with Crippen molar-refractivity contribution in [2.45, 2.75) is 6.17 Å². The maximum absolute atomic E-state index is 13.0. The predicted molar refractivity (Wildman–Crippen MR) is 46.0 cm³/mol. The maximum atomic E-state index is 13.0. The fraction of sp³-hybridized carbons (Fsp3) is 0.222. The molecule has 0 aliphatic rings. The van der Waals surface area contributed by atoms with Crippen LogP contribution in [0, 0.1) is 0 Å². The molecule has 0 fully saturated rings. The number of hydrogen-bond acceptors (Lipinski definition) is 2. The summed E-state index contributed by atoms with van der Waals surface area (Å²) in [5.41, 5.74) is 5.02. The van der Waals surface area contributed by atoms with E-state index in [1.54, 1.807) is 12.1 Å². The molecular weight excluding hydrogens is 173 g/mol. The number of halogens is 1. The maximum Gasteiger partial charge on any atom is 0.256 e. The van der Waals surface area contributed by atoms with Crippen LogP contribution >= 0.6 is 0 Å². The molecule has 3 nitrogen and oxygen atoms in total. The largest absolute Gasteiger partial charge is 0.497 e. The van der Waals surface area contributed by atoms with Crippen molar-refractivity contribution in [3.8, 4) is 5.75 Å². The van der Waals surface area contributed by atoms with E-state index in [9.17, 15) is 9.18 Å². The number of benzene rings is 1. The topological polar surface area (TPSA) is 52.3 Å². The van der Waals surface area contributed by atoms with Crippen LogP contribution in [0.5, 0.6) is 5.75 Å². The van der Waals surface area contributed by atoms with E-state index in [2.05, 4.69) is 0 Å². The average Bonchev–Trinajstić information content (AvgIpc) is 2.16. The summed E-state index contributed by atoms with van der Waals surface area (Å²) in [6.45, 7) is 0. The molecule has 4 heteroatoms. The van der Waals surface area contributed by atoms with Crippen molar-refractivity contribution in [3.05, 3.63) is 29.8 Å². The van der Waals surface area contributed by atoms with E-state index in [1.807, 2.05) is 0 Å². The van der Waals surface area contributed by atoms with Gasteiger partial charge in [-0.2, -0.15) is 0 Å². The van der Waals surface area contributed by atoms with Crippen LogP contribution in [0.2, 0.25) is 0 Å².